The molecule has 2 aliphatic rings. The highest BCUT2D eigenvalue weighted by molar-refractivity contribution is 5.47. The molecule has 108 valence electrons. The van der Waals surface area contributed by atoms with Gasteiger partial charge in [-0.2, -0.15) is 0 Å². The Kier molecular flexibility index (Phi) is 2.93. The highest BCUT2D eigenvalue weighted by Gasteiger charge is 2.32. The average molecular weight is 281 g/mol. The van der Waals surface area contributed by atoms with Crippen LogP contribution in [0.25, 0.3) is 0 Å². The Morgan fingerprint density at radius 2 is 2.05 bits per heavy atom. The molecule has 2 aromatic rings. The van der Waals surface area contributed by atoms with Gasteiger partial charge in [0.05, 0.1) is 23.5 Å². The number of rotatable bonds is 3. The zero-order valence-corrected chi connectivity index (χ0v) is 12.1. The van der Waals surface area contributed by atoms with E-state index in [1.165, 1.54) is 24.0 Å². The lowest BCUT2D eigenvalue weighted by Crippen LogP contribution is -2.22. The zero-order chi connectivity index (χ0) is 14.4. The van der Waals surface area contributed by atoms with Crippen LogP contribution >= 0.6 is 0 Å². The van der Waals surface area contributed by atoms with Crippen LogP contribution in [0.1, 0.15) is 47.3 Å². The van der Waals surface area contributed by atoms with Crippen molar-refractivity contribution < 1.29 is 5.11 Å². The first kappa shape index (κ1) is 12.8. The maximum atomic E-state index is 10.3. The van der Waals surface area contributed by atoms with E-state index in [-0.39, 0.29) is 6.04 Å². The van der Waals surface area contributed by atoms with Crippen LogP contribution in [0.4, 0.5) is 5.82 Å². The van der Waals surface area contributed by atoms with Gasteiger partial charge in [-0.15, -0.1) is 0 Å². The number of nitrogens with zero attached hydrogens (tertiary/aromatic N) is 2. The van der Waals surface area contributed by atoms with Crippen molar-refractivity contribution in [2.75, 3.05) is 5.32 Å². The van der Waals surface area contributed by atoms with Gasteiger partial charge in [-0.05, 0) is 30.9 Å². The van der Waals surface area contributed by atoms with Crippen molar-refractivity contribution in [3.05, 3.63) is 53.0 Å². The largest absolute Gasteiger partial charge is 0.390 e. The van der Waals surface area contributed by atoms with Gasteiger partial charge in [-0.3, -0.25) is 4.98 Å². The molecule has 21 heavy (non-hydrogen) atoms. The SMILES string of the molecule is Cc1ncc(C2CC2)nc1N[C@@H]1c2ccccc2C[C@@H]1O. The van der Waals surface area contributed by atoms with E-state index in [4.69, 9.17) is 4.98 Å². The molecule has 0 unspecified atom stereocenters. The van der Waals surface area contributed by atoms with E-state index in [0.717, 1.165) is 17.2 Å². The number of aliphatic hydroxyl groups excluding tert-OH is 1. The Balaban J connectivity index is 1.65. The lowest BCUT2D eigenvalue weighted by atomic mass is 10.1. The molecule has 1 aromatic carbocycles. The summed E-state index contributed by atoms with van der Waals surface area (Å²) < 4.78 is 0. The molecule has 4 nitrogen and oxygen atoms in total. The van der Waals surface area contributed by atoms with Crippen LogP contribution in [0.3, 0.4) is 0 Å². The van der Waals surface area contributed by atoms with E-state index in [9.17, 15) is 5.11 Å². The number of hydrogen-bond acceptors (Lipinski definition) is 4. The molecular formula is C17H19N3O. The third kappa shape index (κ3) is 2.29. The van der Waals surface area contributed by atoms with Crippen molar-refractivity contribution >= 4 is 5.82 Å². The summed E-state index contributed by atoms with van der Waals surface area (Å²) in [5.74, 6) is 1.39. The summed E-state index contributed by atoms with van der Waals surface area (Å²) in [6.07, 6.45) is 4.60. The molecule has 1 fully saturated rings. The van der Waals surface area contributed by atoms with Gasteiger partial charge in [-0.25, -0.2) is 4.98 Å². The predicted octanol–water partition coefficient (Wildman–Crippen LogP) is 2.73. The highest BCUT2D eigenvalue weighted by atomic mass is 16.3. The molecular weight excluding hydrogens is 262 g/mol. The fraction of sp³-hybridized carbons (Fsp3) is 0.412. The van der Waals surface area contributed by atoms with Crippen LogP contribution in [0, 0.1) is 6.92 Å². The standard InChI is InChI=1S/C17H19N3O/c1-10-17(19-14(9-18-10)11-6-7-11)20-16-13-5-3-2-4-12(13)8-15(16)21/h2-5,9,11,15-16,21H,6-8H2,1H3,(H,19,20)/t15-,16+/m0/s1. The fourth-order valence-electron chi connectivity index (χ4n) is 3.07. The summed E-state index contributed by atoms with van der Waals surface area (Å²) >= 11 is 0. The lowest BCUT2D eigenvalue weighted by Gasteiger charge is -2.20. The van der Waals surface area contributed by atoms with Gasteiger partial charge in [0.25, 0.3) is 0 Å². The van der Waals surface area contributed by atoms with Gasteiger partial charge in [0.1, 0.15) is 5.82 Å². The second-order valence-electron chi connectivity index (χ2n) is 6.10. The Morgan fingerprint density at radius 1 is 1.24 bits per heavy atom. The number of benzene rings is 1. The third-order valence-corrected chi connectivity index (χ3v) is 4.47. The Morgan fingerprint density at radius 3 is 2.86 bits per heavy atom. The molecule has 0 spiro atoms. The molecule has 1 heterocycles. The summed E-state index contributed by atoms with van der Waals surface area (Å²) in [7, 11) is 0. The second-order valence-corrected chi connectivity index (χ2v) is 6.10. The maximum Gasteiger partial charge on any atom is 0.148 e. The summed E-state index contributed by atoms with van der Waals surface area (Å²) in [4.78, 5) is 9.18. The van der Waals surface area contributed by atoms with E-state index < -0.39 is 6.10 Å². The Bertz CT molecular complexity index is 681. The van der Waals surface area contributed by atoms with E-state index in [2.05, 4.69) is 22.4 Å². The van der Waals surface area contributed by atoms with Crippen molar-refractivity contribution in [3.63, 3.8) is 0 Å². The van der Waals surface area contributed by atoms with Crippen LogP contribution in [-0.4, -0.2) is 21.2 Å². The van der Waals surface area contributed by atoms with E-state index >= 15 is 0 Å². The van der Waals surface area contributed by atoms with Crippen molar-refractivity contribution in [1.29, 1.82) is 0 Å². The van der Waals surface area contributed by atoms with E-state index in [1.807, 2.05) is 25.3 Å². The van der Waals surface area contributed by atoms with Crippen LogP contribution in [-0.2, 0) is 6.42 Å². The van der Waals surface area contributed by atoms with Crippen LogP contribution in [0.5, 0.6) is 0 Å². The zero-order valence-electron chi connectivity index (χ0n) is 12.1. The molecule has 2 N–H and O–H groups in total. The molecule has 4 heteroatoms. The predicted molar refractivity (Wildman–Crippen MR) is 81.3 cm³/mol. The van der Waals surface area contributed by atoms with Gasteiger partial charge >= 0.3 is 0 Å². The van der Waals surface area contributed by atoms with Crippen molar-refractivity contribution in [3.8, 4) is 0 Å². The number of aryl methyl sites for hydroxylation is 1. The number of aromatic nitrogens is 2. The first-order valence-corrected chi connectivity index (χ1v) is 7.58. The summed E-state index contributed by atoms with van der Waals surface area (Å²) in [6.45, 7) is 1.96. The number of hydrogen-bond donors (Lipinski definition) is 2. The van der Waals surface area contributed by atoms with Crippen molar-refractivity contribution in [2.45, 2.75) is 44.2 Å². The van der Waals surface area contributed by atoms with E-state index in [1.54, 1.807) is 0 Å². The molecule has 2 aliphatic carbocycles. The minimum atomic E-state index is -0.409. The van der Waals surface area contributed by atoms with Crippen LogP contribution < -0.4 is 5.32 Å². The summed E-state index contributed by atoms with van der Waals surface area (Å²) in [5.41, 5.74) is 4.34. The molecule has 1 aromatic heterocycles. The average Bonchev–Trinajstić information content (AvgIpc) is 3.27. The second kappa shape index (κ2) is 4.81. The molecule has 4 rings (SSSR count). The molecule has 2 atom stereocenters. The first-order valence-electron chi connectivity index (χ1n) is 7.58. The number of aliphatic hydroxyl groups is 1. The summed E-state index contributed by atoms with van der Waals surface area (Å²) in [6, 6.07) is 8.11. The van der Waals surface area contributed by atoms with Gasteiger partial charge in [0.2, 0.25) is 0 Å². The number of anilines is 1. The maximum absolute atomic E-state index is 10.3. The molecule has 0 bridgehead atoms. The minimum absolute atomic E-state index is 0.0938. The Hall–Kier alpha value is -1.94. The van der Waals surface area contributed by atoms with Gasteiger partial charge in [0.15, 0.2) is 0 Å². The van der Waals surface area contributed by atoms with Crippen LogP contribution in [0.15, 0.2) is 30.5 Å². The van der Waals surface area contributed by atoms with Crippen LogP contribution in [0.2, 0.25) is 0 Å². The summed E-state index contributed by atoms with van der Waals surface area (Å²) in [5, 5.41) is 13.8. The smallest absolute Gasteiger partial charge is 0.148 e. The first-order chi connectivity index (χ1) is 10.2. The van der Waals surface area contributed by atoms with Gasteiger partial charge in [0, 0.05) is 18.5 Å². The molecule has 0 amide bonds. The van der Waals surface area contributed by atoms with E-state index in [0.29, 0.717) is 12.3 Å². The quantitative estimate of drug-likeness (QED) is 0.908. The molecule has 0 aliphatic heterocycles. The minimum Gasteiger partial charge on any atom is -0.390 e. The van der Waals surface area contributed by atoms with Gasteiger partial charge < -0.3 is 10.4 Å². The fourth-order valence-corrected chi connectivity index (χ4v) is 3.07. The topological polar surface area (TPSA) is 58.0 Å². The van der Waals surface area contributed by atoms with Crippen molar-refractivity contribution in [1.82, 2.24) is 9.97 Å². The van der Waals surface area contributed by atoms with Crippen molar-refractivity contribution in [2.24, 2.45) is 0 Å². The number of fused-ring (bicyclic) bond motifs is 1. The monoisotopic (exact) mass is 281 g/mol. The lowest BCUT2D eigenvalue weighted by molar-refractivity contribution is 0.165. The highest BCUT2D eigenvalue weighted by Crippen LogP contribution is 2.40. The Labute approximate surface area is 124 Å². The number of nitrogens with one attached hydrogen (secondary N) is 1. The molecule has 0 saturated heterocycles. The molecule has 0 radical (unpaired) electrons. The van der Waals surface area contributed by atoms with Gasteiger partial charge in [-0.1, -0.05) is 24.3 Å². The third-order valence-electron chi connectivity index (χ3n) is 4.47. The normalized spacial score (nSPS) is 23.9. The molecule has 1 saturated carbocycles.